The number of hydrogen-bond donors (Lipinski definition) is 1. The largest absolute Gasteiger partial charge is 0.490 e. The van der Waals surface area contributed by atoms with E-state index in [0.29, 0.717) is 43.0 Å². The lowest BCUT2D eigenvalue weighted by molar-refractivity contribution is -0.139. The Hall–Kier alpha value is -3.56. The molecule has 13 heteroatoms. The number of nitriles is 1. The minimum absolute atomic E-state index is 0.109. The topological polar surface area (TPSA) is 95.3 Å². The first-order chi connectivity index (χ1) is 18.3. The maximum atomic E-state index is 13.5. The Morgan fingerprint density at radius 2 is 1.82 bits per heavy atom. The molecule has 0 aliphatic carbocycles. The van der Waals surface area contributed by atoms with Crippen LogP contribution >= 0.6 is 11.6 Å². The Morgan fingerprint density at radius 1 is 1.15 bits per heavy atom. The lowest BCUT2D eigenvalue weighted by atomic mass is 10.0. The van der Waals surface area contributed by atoms with Gasteiger partial charge in [-0.2, -0.15) is 18.4 Å². The van der Waals surface area contributed by atoms with Gasteiger partial charge in [-0.05, 0) is 49.7 Å². The highest BCUT2D eigenvalue weighted by atomic mass is 35.5. The van der Waals surface area contributed by atoms with Crippen molar-refractivity contribution < 1.29 is 30.7 Å². The number of hydrogen-bond acceptors (Lipinski definition) is 6. The van der Waals surface area contributed by atoms with E-state index in [1.54, 1.807) is 13.8 Å². The number of ether oxygens (including phenoxy) is 1. The van der Waals surface area contributed by atoms with Gasteiger partial charge in [0.1, 0.15) is 29.6 Å². The van der Waals surface area contributed by atoms with Crippen LogP contribution in [0.3, 0.4) is 0 Å². The second kappa shape index (κ2) is 10.9. The molecule has 0 unspecified atom stereocenters. The smallest absolute Gasteiger partial charge is 0.419 e. The van der Waals surface area contributed by atoms with Crippen molar-refractivity contribution in [2.24, 2.45) is 0 Å². The molecule has 39 heavy (non-hydrogen) atoms. The Morgan fingerprint density at radius 3 is 2.44 bits per heavy atom. The number of rotatable bonds is 6. The van der Waals surface area contributed by atoms with Crippen LogP contribution in [-0.2, 0) is 16.2 Å². The molecule has 3 aromatic rings. The molecule has 0 spiro atoms. The van der Waals surface area contributed by atoms with Crippen LogP contribution in [0.15, 0.2) is 47.4 Å². The van der Waals surface area contributed by atoms with Crippen molar-refractivity contribution in [1.82, 2.24) is 4.98 Å². The van der Waals surface area contributed by atoms with E-state index in [9.17, 15) is 31.2 Å². The normalized spacial score (nSPS) is 14.7. The van der Waals surface area contributed by atoms with Gasteiger partial charge in [-0.3, -0.25) is 4.72 Å². The molecule has 2 aromatic carbocycles. The number of alkyl halides is 3. The molecule has 1 fully saturated rings. The number of aryl methyl sites for hydroxylation is 1. The first kappa shape index (κ1) is 28.4. The van der Waals surface area contributed by atoms with Gasteiger partial charge in [0, 0.05) is 25.9 Å². The van der Waals surface area contributed by atoms with Gasteiger partial charge >= 0.3 is 6.18 Å². The summed E-state index contributed by atoms with van der Waals surface area (Å²) in [7, 11) is -4.17. The highest BCUT2D eigenvalue weighted by molar-refractivity contribution is 7.92. The number of halogens is 5. The third-order valence-corrected chi connectivity index (χ3v) is 8.02. The Bertz CT molecular complexity index is 1550. The summed E-state index contributed by atoms with van der Waals surface area (Å²) in [6.45, 7) is 3.88. The number of aromatic nitrogens is 1. The molecular weight excluding hydrogens is 560 g/mol. The van der Waals surface area contributed by atoms with E-state index >= 15 is 0 Å². The Labute approximate surface area is 228 Å². The zero-order chi connectivity index (χ0) is 28.5. The van der Waals surface area contributed by atoms with Gasteiger partial charge in [-0.15, -0.1) is 0 Å². The zero-order valence-corrected chi connectivity index (χ0v) is 22.4. The van der Waals surface area contributed by atoms with Crippen LogP contribution in [0.1, 0.15) is 35.2 Å². The number of sulfonamides is 1. The lowest BCUT2D eigenvalue weighted by Crippen LogP contribution is -2.39. The molecule has 206 valence electrons. The Kier molecular flexibility index (Phi) is 7.95. The predicted octanol–water partition coefficient (Wildman–Crippen LogP) is 6.23. The number of benzene rings is 2. The summed E-state index contributed by atoms with van der Waals surface area (Å²) in [4.78, 5) is 6.06. The van der Waals surface area contributed by atoms with Crippen molar-refractivity contribution in [3.63, 3.8) is 0 Å². The zero-order valence-electron chi connectivity index (χ0n) is 20.8. The average Bonchev–Trinajstić information content (AvgIpc) is 2.88. The summed E-state index contributed by atoms with van der Waals surface area (Å²) in [5.74, 6) is -0.654. The van der Waals surface area contributed by atoms with Crippen LogP contribution in [0.25, 0.3) is 0 Å². The van der Waals surface area contributed by atoms with Crippen LogP contribution in [0.2, 0.25) is 5.02 Å². The molecule has 0 bridgehead atoms. The number of para-hydroxylation sites is 1. The summed E-state index contributed by atoms with van der Waals surface area (Å²) >= 11 is 5.74. The quantitative estimate of drug-likeness (QED) is 0.346. The summed E-state index contributed by atoms with van der Waals surface area (Å²) < 4.78 is 87.4. The second-order valence-corrected chi connectivity index (χ2v) is 11.1. The molecule has 2 heterocycles. The van der Waals surface area contributed by atoms with Crippen LogP contribution in [0, 0.1) is 31.0 Å². The molecule has 0 saturated carbocycles. The standard InChI is InChI=1S/C26H23ClF4N4O3S/c1-15-19(14-32)25(33-16(2)24(15)34-39(36,37)18-7-8-22(28)21(27)13-18)35-11-9-17(10-12-35)38-23-6-4-3-5-20(23)26(29,30)31/h3-8,13,17,34H,9-12H2,1-2H3. The molecule has 1 saturated heterocycles. The van der Waals surface area contributed by atoms with Crippen LogP contribution < -0.4 is 14.4 Å². The van der Waals surface area contributed by atoms with E-state index in [4.69, 9.17) is 16.3 Å². The lowest BCUT2D eigenvalue weighted by Gasteiger charge is -2.34. The fourth-order valence-electron chi connectivity index (χ4n) is 4.35. The van der Waals surface area contributed by atoms with E-state index in [-0.39, 0.29) is 26.9 Å². The molecule has 1 aliphatic heterocycles. The van der Waals surface area contributed by atoms with Crippen molar-refractivity contribution in [3.8, 4) is 11.8 Å². The maximum Gasteiger partial charge on any atom is 0.419 e. The maximum absolute atomic E-state index is 13.5. The van der Waals surface area contributed by atoms with E-state index in [0.717, 1.165) is 24.3 Å². The molecule has 1 N–H and O–H groups in total. The number of nitrogens with one attached hydrogen (secondary N) is 1. The number of pyridine rings is 1. The van der Waals surface area contributed by atoms with E-state index in [2.05, 4.69) is 15.8 Å². The van der Waals surface area contributed by atoms with Gasteiger partial charge in [0.25, 0.3) is 10.0 Å². The monoisotopic (exact) mass is 582 g/mol. The van der Waals surface area contributed by atoms with Crippen LogP contribution in [0.5, 0.6) is 5.75 Å². The minimum atomic E-state index is -4.54. The molecule has 0 atom stereocenters. The Balaban J connectivity index is 1.54. The highest BCUT2D eigenvalue weighted by Crippen LogP contribution is 2.38. The summed E-state index contributed by atoms with van der Waals surface area (Å²) in [6, 6.07) is 10.1. The summed E-state index contributed by atoms with van der Waals surface area (Å²) in [6.07, 6.45) is -4.23. The van der Waals surface area contributed by atoms with Crippen molar-refractivity contribution in [3.05, 3.63) is 75.7 Å². The van der Waals surface area contributed by atoms with E-state index in [1.807, 2.05) is 4.90 Å². The third kappa shape index (κ3) is 6.04. The number of nitrogens with zero attached hydrogens (tertiary/aromatic N) is 3. The highest BCUT2D eigenvalue weighted by Gasteiger charge is 2.35. The van der Waals surface area contributed by atoms with Crippen molar-refractivity contribution >= 4 is 33.1 Å². The van der Waals surface area contributed by atoms with Gasteiger partial charge < -0.3 is 9.64 Å². The van der Waals surface area contributed by atoms with Gasteiger partial charge in [-0.25, -0.2) is 17.8 Å². The summed E-state index contributed by atoms with van der Waals surface area (Å²) in [5, 5.41) is 9.54. The van der Waals surface area contributed by atoms with E-state index in [1.165, 1.54) is 18.2 Å². The SMILES string of the molecule is Cc1nc(N2CCC(Oc3ccccc3C(F)(F)F)CC2)c(C#N)c(C)c1NS(=O)(=O)c1ccc(F)c(Cl)c1. The average molecular weight is 583 g/mol. The van der Waals surface area contributed by atoms with Gasteiger partial charge in [0.15, 0.2) is 0 Å². The predicted molar refractivity (Wildman–Crippen MR) is 138 cm³/mol. The van der Waals surface area contributed by atoms with E-state index < -0.39 is 33.7 Å². The van der Waals surface area contributed by atoms with Crippen molar-refractivity contribution in [2.75, 3.05) is 22.7 Å². The first-order valence-corrected chi connectivity index (χ1v) is 13.6. The number of piperidine rings is 1. The minimum Gasteiger partial charge on any atom is -0.490 e. The molecule has 1 aliphatic rings. The fraction of sp³-hybridized carbons (Fsp3) is 0.308. The fourth-order valence-corrected chi connectivity index (χ4v) is 5.81. The molecule has 4 rings (SSSR count). The number of anilines is 2. The van der Waals surface area contributed by atoms with Crippen molar-refractivity contribution in [2.45, 2.75) is 43.9 Å². The summed E-state index contributed by atoms with van der Waals surface area (Å²) in [5.41, 5.74) is 0.0630. The van der Waals surface area contributed by atoms with Crippen molar-refractivity contribution in [1.29, 1.82) is 5.26 Å². The van der Waals surface area contributed by atoms with Crippen LogP contribution in [-0.4, -0.2) is 32.6 Å². The first-order valence-electron chi connectivity index (χ1n) is 11.8. The van der Waals surface area contributed by atoms with Gasteiger partial charge in [-0.1, -0.05) is 23.7 Å². The molecule has 7 nitrogen and oxygen atoms in total. The molecular formula is C26H23ClF4N4O3S. The van der Waals surface area contributed by atoms with Crippen LogP contribution in [0.4, 0.5) is 29.1 Å². The second-order valence-electron chi connectivity index (χ2n) is 8.99. The molecule has 1 aromatic heterocycles. The molecule has 0 amide bonds. The van der Waals surface area contributed by atoms with Gasteiger partial charge in [0.05, 0.1) is 32.4 Å². The molecule has 0 radical (unpaired) electrons. The van der Waals surface area contributed by atoms with Gasteiger partial charge in [0.2, 0.25) is 0 Å². The third-order valence-electron chi connectivity index (χ3n) is 6.39.